The number of rotatable bonds is 2. The molecular weight excluding hydrogens is 546 g/mol. The van der Waals surface area contributed by atoms with Gasteiger partial charge in [0.25, 0.3) is 0 Å². The van der Waals surface area contributed by atoms with Crippen LogP contribution in [0, 0.1) is 0 Å². The van der Waals surface area contributed by atoms with Crippen molar-refractivity contribution in [1.82, 2.24) is 4.57 Å². The van der Waals surface area contributed by atoms with E-state index < -0.39 is 5.41 Å². The minimum absolute atomic E-state index is 0.501. The van der Waals surface area contributed by atoms with Crippen molar-refractivity contribution in [3.8, 4) is 39.4 Å². The summed E-state index contributed by atoms with van der Waals surface area (Å²) >= 11 is 0. The van der Waals surface area contributed by atoms with Crippen LogP contribution >= 0.6 is 0 Å². The van der Waals surface area contributed by atoms with Gasteiger partial charge in [0.15, 0.2) is 0 Å². The second-order valence-electron chi connectivity index (χ2n) is 12.0. The first-order chi connectivity index (χ1) is 22.3. The van der Waals surface area contributed by atoms with E-state index in [-0.39, 0.29) is 0 Å². The molecule has 0 saturated heterocycles. The van der Waals surface area contributed by atoms with Crippen LogP contribution in [0.3, 0.4) is 0 Å². The highest BCUT2D eigenvalue weighted by atomic mass is 16.5. The Bertz CT molecular complexity index is 2370. The zero-order valence-electron chi connectivity index (χ0n) is 24.4. The minimum atomic E-state index is -0.501. The molecule has 0 bridgehead atoms. The Balaban J connectivity index is 1.24. The van der Waals surface area contributed by atoms with Gasteiger partial charge in [-0.2, -0.15) is 0 Å². The van der Waals surface area contributed by atoms with E-state index in [0.717, 1.165) is 17.2 Å². The third kappa shape index (κ3) is 3.18. The van der Waals surface area contributed by atoms with Crippen LogP contribution in [-0.4, -0.2) is 4.57 Å². The van der Waals surface area contributed by atoms with Gasteiger partial charge < -0.3 is 9.30 Å². The standard InChI is InChI=1S/C43H27NO/c1-4-17-35-31(12-1)34-16-11-15-30(42(34)43(35)36-18-5-9-22-40(36)45-41-23-10-6-19-37(41)43)28-24-26-29(27-25-28)44-38-20-7-2-13-32(38)33-14-3-8-21-39(33)44/h1-27H. The average molecular weight is 574 g/mol. The van der Waals surface area contributed by atoms with Crippen LogP contribution in [0.15, 0.2) is 164 Å². The van der Waals surface area contributed by atoms with Crippen molar-refractivity contribution >= 4 is 21.8 Å². The highest BCUT2D eigenvalue weighted by Gasteiger charge is 2.52. The van der Waals surface area contributed by atoms with Gasteiger partial charge in [-0.25, -0.2) is 0 Å². The quantitative estimate of drug-likeness (QED) is 0.201. The number of para-hydroxylation sites is 4. The van der Waals surface area contributed by atoms with Gasteiger partial charge in [0.1, 0.15) is 11.5 Å². The SMILES string of the molecule is c1ccc2c(c1)Oc1ccccc1C21c2ccccc2-c2cccc(-c3ccc(-n4c5ccccc5c5ccccc54)cc3)c21. The Morgan fingerprint density at radius 3 is 1.58 bits per heavy atom. The molecule has 0 fully saturated rings. The average Bonchev–Trinajstić information content (AvgIpc) is 3.60. The number of ether oxygens (including phenoxy) is 1. The highest BCUT2D eigenvalue weighted by molar-refractivity contribution is 6.09. The summed E-state index contributed by atoms with van der Waals surface area (Å²) in [7, 11) is 0. The van der Waals surface area contributed by atoms with Crippen molar-refractivity contribution in [2.24, 2.45) is 0 Å². The first-order valence-corrected chi connectivity index (χ1v) is 15.5. The first kappa shape index (κ1) is 24.6. The molecule has 2 heteroatoms. The van der Waals surface area contributed by atoms with Gasteiger partial charge in [-0.1, -0.05) is 127 Å². The summed E-state index contributed by atoms with van der Waals surface area (Å²) in [5, 5.41) is 2.55. The second kappa shape index (κ2) is 9.07. The van der Waals surface area contributed by atoms with Gasteiger partial charge in [-0.05, 0) is 69.8 Å². The number of aromatic nitrogens is 1. The lowest BCUT2D eigenvalue weighted by molar-refractivity contribution is 0.436. The summed E-state index contributed by atoms with van der Waals surface area (Å²) in [6, 6.07) is 59.4. The van der Waals surface area contributed by atoms with Crippen molar-refractivity contribution in [3.63, 3.8) is 0 Å². The van der Waals surface area contributed by atoms with E-state index in [2.05, 4.69) is 168 Å². The molecule has 8 aromatic rings. The summed E-state index contributed by atoms with van der Waals surface area (Å²) in [5.74, 6) is 1.82. The van der Waals surface area contributed by atoms with Crippen molar-refractivity contribution in [1.29, 1.82) is 0 Å². The van der Waals surface area contributed by atoms with E-state index in [0.29, 0.717) is 0 Å². The number of nitrogens with zero attached hydrogens (tertiary/aromatic N) is 1. The van der Waals surface area contributed by atoms with Crippen LogP contribution in [0.1, 0.15) is 22.3 Å². The van der Waals surface area contributed by atoms with Gasteiger partial charge in [-0.3, -0.25) is 0 Å². The van der Waals surface area contributed by atoms with E-state index in [1.807, 2.05) is 0 Å². The Kier molecular flexibility index (Phi) is 4.95. The van der Waals surface area contributed by atoms with E-state index in [1.54, 1.807) is 0 Å². The number of hydrogen-bond donors (Lipinski definition) is 0. The molecule has 7 aromatic carbocycles. The molecule has 1 spiro atoms. The molecule has 1 aliphatic heterocycles. The first-order valence-electron chi connectivity index (χ1n) is 15.5. The molecule has 2 nitrogen and oxygen atoms in total. The van der Waals surface area contributed by atoms with Crippen LogP contribution in [0.2, 0.25) is 0 Å². The van der Waals surface area contributed by atoms with Gasteiger partial charge in [0.2, 0.25) is 0 Å². The van der Waals surface area contributed by atoms with Crippen LogP contribution < -0.4 is 4.74 Å². The van der Waals surface area contributed by atoms with Crippen molar-refractivity contribution in [2.75, 3.05) is 0 Å². The molecule has 0 N–H and O–H groups in total. The Morgan fingerprint density at radius 1 is 0.400 bits per heavy atom. The number of benzene rings is 7. The molecule has 1 aromatic heterocycles. The molecule has 210 valence electrons. The maximum atomic E-state index is 6.56. The summed E-state index contributed by atoms with van der Waals surface area (Å²) in [6.07, 6.45) is 0. The fourth-order valence-electron chi connectivity index (χ4n) is 8.15. The van der Waals surface area contributed by atoms with E-state index >= 15 is 0 Å². The predicted molar refractivity (Wildman–Crippen MR) is 184 cm³/mol. The molecule has 10 rings (SSSR count). The predicted octanol–water partition coefficient (Wildman–Crippen LogP) is 10.9. The second-order valence-corrected chi connectivity index (χ2v) is 12.0. The molecule has 0 atom stereocenters. The summed E-state index contributed by atoms with van der Waals surface area (Å²) in [6.45, 7) is 0. The molecule has 2 aliphatic rings. The zero-order chi connectivity index (χ0) is 29.5. The maximum Gasteiger partial charge on any atom is 0.132 e. The van der Waals surface area contributed by atoms with Crippen LogP contribution in [-0.2, 0) is 5.41 Å². The minimum Gasteiger partial charge on any atom is -0.457 e. The Hall–Kier alpha value is -5.86. The van der Waals surface area contributed by atoms with Crippen LogP contribution in [0.4, 0.5) is 0 Å². The molecule has 0 amide bonds. The molecule has 45 heavy (non-hydrogen) atoms. The van der Waals surface area contributed by atoms with E-state index in [9.17, 15) is 0 Å². The fourth-order valence-corrected chi connectivity index (χ4v) is 8.15. The van der Waals surface area contributed by atoms with Gasteiger partial charge >= 0.3 is 0 Å². The lowest BCUT2D eigenvalue weighted by Gasteiger charge is -2.40. The Labute approximate surface area is 261 Å². The largest absolute Gasteiger partial charge is 0.457 e. The fraction of sp³-hybridized carbons (Fsp3) is 0.0233. The zero-order valence-corrected chi connectivity index (χ0v) is 24.4. The van der Waals surface area contributed by atoms with Crippen molar-refractivity contribution in [2.45, 2.75) is 5.41 Å². The van der Waals surface area contributed by atoms with Gasteiger partial charge in [-0.15, -0.1) is 0 Å². The van der Waals surface area contributed by atoms with Crippen molar-refractivity contribution in [3.05, 3.63) is 186 Å². The smallest absolute Gasteiger partial charge is 0.132 e. The maximum absolute atomic E-state index is 6.56. The molecular formula is C43H27NO. The summed E-state index contributed by atoms with van der Waals surface area (Å²) in [4.78, 5) is 0. The molecule has 2 heterocycles. The lowest BCUT2D eigenvalue weighted by Crippen LogP contribution is -2.32. The van der Waals surface area contributed by atoms with Gasteiger partial charge in [0.05, 0.1) is 16.4 Å². The molecule has 0 saturated carbocycles. The monoisotopic (exact) mass is 573 g/mol. The number of hydrogen-bond acceptors (Lipinski definition) is 1. The van der Waals surface area contributed by atoms with Crippen LogP contribution in [0.25, 0.3) is 49.7 Å². The van der Waals surface area contributed by atoms with E-state index in [1.165, 1.54) is 66.3 Å². The lowest BCUT2D eigenvalue weighted by atomic mass is 9.64. The van der Waals surface area contributed by atoms with Crippen LogP contribution in [0.5, 0.6) is 11.5 Å². The third-order valence-electron chi connectivity index (χ3n) is 9.88. The van der Waals surface area contributed by atoms with E-state index in [4.69, 9.17) is 4.74 Å². The normalized spacial score (nSPS) is 13.7. The highest BCUT2D eigenvalue weighted by Crippen LogP contribution is 2.63. The number of fused-ring (bicyclic) bond motifs is 12. The van der Waals surface area contributed by atoms with Crippen molar-refractivity contribution < 1.29 is 4.74 Å². The Morgan fingerprint density at radius 2 is 0.911 bits per heavy atom. The molecule has 0 radical (unpaired) electrons. The molecule has 0 unspecified atom stereocenters. The molecule has 1 aliphatic carbocycles. The van der Waals surface area contributed by atoms with Gasteiger partial charge in [0, 0.05) is 27.6 Å². The summed E-state index contributed by atoms with van der Waals surface area (Å²) in [5.41, 5.74) is 13.1. The summed E-state index contributed by atoms with van der Waals surface area (Å²) < 4.78 is 8.95. The topological polar surface area (TPSA) is 14.2 Å². The third-order valence-corrected chi connectivity index (χ3v) is 9.88.